The van der Waals surface area contributed by atoms with E-state index in [1.165, 1.54) is 0 Å². The third kappa shape index (κ3) is 2.05. The summed E-state index contributed by atoms with van der Waals surface area (Å²) in [4.78, 5) is 4.41. The number of aromatic amines is 1. The molecule has 2 aromatic heterocycles. The highest BCUT2D eigenvalue weighted by Crippen LogP contribution is 2.13. The Morgan fingerprint density at radius 3 is 2.59 bits per heavy atom. The highest BCUT2D eigenvalue weighted by atomic mass is 15.3. The monoisotopic (exact) mass is 226 g/mol. The van der Waals surface area contributed by atoms with Crippen LogP contribution in [0.1, 0.15) is 5.82 Å². The van der Waals surface area contributed by atoms with Crippen LogP contribution in [0.4, 0.5) is 0 Å². The van der Waals surface area contributed by atoms with Crippen LogP contribution in [0.2, 0.25) is 0 Å². The van der Waals surface area contributed by atoms with Crippen molar-refractivity contribution in [3.05, 3.63) is 48.8 Å². The first-order valence-electron chi connectivity index (χ1n) is 5.21. The zero-order valence-electron chi connectivity index (χ0n) is 8.98. The summed E-state index contributed by atoms with van der Waals surface area (Å²) in [6.07, 6.45) is 3.29. The number of hydrogen-bond acceptors (Lipinski definition) is 4. The van der Waals surface area contributed by atoms with E-state index in [0.29, 0.717) is 12.4 Å². The fourth-order valence-electron chi connectivity index (χ4n) is 1.56. The third-order valence-corrected chi connectivity index (χ3v) is 2.36. The van der Waals surface area contributed by atoms with E-state index in [1.54, 1.807) is 12.7 Å². The van der Waals surface area contributed by atoms with Crippen molar-refractivity contribution in [2.75, 3.05) is 0 Å². The number of benzene rings is 1. The van der Waals surface area contributed by atoms with E-state index in [-0.39, 0.29) is 0 Å². The molecule has 0 saturated heterocycles. The molecule has 0 atom stereocenters. The van der Waals surface area contributed by atoms with Crippen LogP contribution in [0, 0.1) is 0 Å². The quantitative estimate of drug-likeness (QED) is 0.726. The molecule has 0 radical (unpaired) electrons. The average Bonchev–Trinajstić information content (AvgIpc) is 3.02. The van der Waals surface area contributed by atoms with Gasteiger partial charge in [0.05, 0.1) is 6.54 Å². The number of H-pyrrole nitrogens is 1. The van der Waals surface area contributed by atoms with E-state index in [0.717, 1.165) is 11.4 Å². The fraction of sp³-hybridized carbons (Fsp3) is 0.0909. The topological polar surface area (TPSA) is 72.3 Å². The van der Waals surface area contributed by atoms with Crippen LogP contribution in [0.5, 0.6) is 0 Å². The molecule has 17 heavy (non-hydrogen) atoms. The summed E-state index contributed by atoms with van der Waals surface area (Å²) in [5, 5.41) is 14.6. The van der Waals surface area contributed by atoms with Gasteiger partial charge in [-0.05, 0) is 0 Å². The molecular formula is C11H10N6. The average molecular weight is 226 g/mol. The van der Waals surface area contributed by atoms with E-state index in [2.05, 4.69) is 25.4 Å². The molecule has 0 aliphatic carbocycles. The predicted molar refractivity (Wildman–Crippen MR) is 60.9 cm³/mol. The van der Waals surface area contributed by atoms with Crippen LogP contribution in [-0.4, -0.2) is 29.9 Å². The molecule has 0 aliphatic rings. The van der Waals surface area contributed by atoms with Gasteiger partial charge in [-0.1, -0.05) is 30.3 Å². The Bertz CT molecular complexity index is 583. The van der Waals surface area contributed by atoms with Gasteiger partial charge in [0.2, 0.25) is 0 Å². The van der Waals surface area contributed by atoms with Gasteiger partial charge in [0.25, 0.3) is 0 Å². The minimum atomic E-state index is 0.590. The first-order chi connectivity index (χ1) is 8.42. The molecule has 2 heterocycles. The highest BCUT2D eigenvalue weighted by Gasteiger charge is 2.05. The molecule has 0 fully saturated rings. The first-order valence-corrected chi connectivity index (χ1v) is 5.21. The number of nitrogens with zero attached hydrogens (tertiary/aromatic N) is 5. The van der Waals surface area contributed by atoms with Gasteiger partial charge in [0, 0.05) is 5.56 Å². The molecule has 0 spiro atoms. The summed E-state index contributed by atoms with van der Waals surface area (Å²) < 4.78 is 1.83. The summed E-state index contributed by atoms with van der Waals surface area (Å²) in [6.45, 7) is 0.590. The Morgan fingerprint density at radius 1 is 1.06 bits per heavy atom. The van der Waals surface area contributed by atoms with Gasteiger partial charge in [-0.3, -0.25) is 5.10 Å². The van der Waals surface area contributed by atoms with Crippen molar-refractivity contribution in [1.29, 1.82) is 0 Å². The summed E-state index contributed by atoms with van der Waals surface area (Å²) >= 11 is 0. The predicted octanol–water partition coefficient (Wildman–Crippen LogP) is 1.11. The van der Waals surface area contributed by atoms with E-state index in [9.17, 15) is 0 Å². The summed E-state index contributed by atoms with van der Waals surface area (Å²) in [5.41, 5.74) is 0.999. The van der Waals surface area contributed by atoms with Crippen LogP contribution in [-0.2, 0) is 6.54 Å². The zero-order valence-corrected chi connectivity index (χ0v) is 8.98. The Labute approximate surface area is 97.4 Å². The molecule has 1 N–H and O–H groups in total. The molecule has 6 heteroatoms. The Kier molecular flexibility index (Phi) is 2.38. The van der Waals surface area contributed by atoms with Crippen LogP contribution in [0.25, 0.3) is 11.4 Å². The van der Waals surface area contributed by atoms with Crippen molar-refractivity contribution < 1.29 is 0 Å². The molecule has 3 rings (SSSR count). The molecule has 0 aliphatic heterocycles. The summed E-state index contributed by atoms with van der Waals surface area (Å²) in [7, 11) is 0. The normalized spacial score (nSPS) is 10.6. The lowest BCUT2D eigenvalue weighted by Gasteiger charge is -1.94. The Balaban J connectivity index is 1.84. The largest absolute Gasteiger partial charge is 0.312 e. The molecule has 0 saturated carbocycles. The molecule has 0 bridgehead atoms. The standard InChI is InChI=1S/C11H10N6/c1-2-4-9(5-3-1)11-14-10(15-16-11)6-17-7-12-13-8-17/h1-5,7-8H,6H2,(H,14,15,16). The minimum Gasteiger partial charge on any atom is -0.312 e. The number of aromatic nitrogens is 6. The fourth-order valence-corrected chi connectivity index (χ4v) is 1.56. The molecule has 0 unspecified atom stereocenters. The molecule has 1 aromatic carbocycles. The molecule has 3 aromatic rings. The second-order valence-electron chi connectivity index (χ2n) is 3.61. The van der Waals surface area contributed by atoms with E-state index in [1.807, 2.05) is 34.9 Å². The third-order valence-electron chi connectivity index (χ3n) is 2.36. The van der Waals surface area contributed by atoms with Gasteiger partial charge in [0.15, 0.2) is 5.82 Å². The maximum Gasteiger partial charge on any atom is 0.181 e. The smallest absolute Gasteiger partial charge is 0.181 e. The van der Waals surface area contributed by atoms with Crippen LogP contribution in [0.3, 0.4) is 0 Å². The van der Waals surface area contributed by atoms with Gasteiger partial charge in [-0.2, -0.15) is 5.10 Å². The van der Waals surface area contributed by atoms with Gasteiger partial charge in [-0.25, -0.2) is 4.98 Å². The van der Waals surface area contributed by atoms with Crippen LogP contribution < -0.4 is 0 Å². The van der Waals surface area contributed by atoms with Crippen molar-refractivity contribution in [2.45, 2.75) is 6.54 Å². The summed E-state index contributed by atoms with van der Waals surface area (Å²) in [5.74, 6) is 1.48. The maximum absolute atomic E-state index is 4.41. The lowest BCUT2D eigenvalue weighted by atomic mass is 10.2. The van der Waals surface area contributed by atoms with Crippen molar-refractivity contribution in [3.63, 3.8) is 0 Å². The van der Waals surface area contributed by atoms with Crippen molar-refractivity contribution in [1.82, 2.24) is 29.9 Å². The second-order valence-corrected chi connectivity index (χ2v) is 3.61. The number of nitrogens with one attached hydrogen (secondary N) is 1. The lowest BCUT2D eigenvalue weighted by Crippen LogP contribution is -1.98. The van der Waals surface area contributed by atoms with Crippen LogP contribution >= 0.6 is 0 Å². The van der Waals surface area contributed by atoms with Crippen molar-refractivity contribution >= 4 is 0 Å². The van der Waals surface area contributed by atoms with Gasteiger partial charge in [0.1, 0.15) is 18.5 Å². The van der Waals surface area contributed by atoms with Crippen molar-refractivity contribution in [2.24, 2.45) is 0 Å². The SMILES string of the molecule is c1ccc(-c2n[nH]c(Cn3cnnc3)n2)cc1. The molecule has 0 amide bonds. The summed E-state index contributed by atoms with van der Waals surface area (Å²) in [6, 6.07) is 9.85. The lowest BCUT2D eigenvalue weighted by molar-refractivity contribution is 0.745. The van der Waals surface area contributed by atoms with E-state index >= 15 is 0 Å². The number of hydrogen-bond donors (Lipinski definition) is 1. The Hall–Kier alpha value is -2.50. The van der Waals surface area contributed by atoms with Gasteiger partial charge < -0.3 is 4.57 Å². The van der Waals surface area contributed by atoms with E-state index in [4.69, 9.17) is 0 Å². The van der Waals surface area contributed by atoms with E-state index < -0.39 is 0 Å². The van der Waals surface area contributed by atoms with Gasteiger partial charge >= 0.3 is 0 Å². The zero-order chi connectivity index (χ0) is 11.5. The Morgan fingerprint density at radius 2 is 1.82 bits per heavy atom. The molecule has 84 valence electrons. The van der Waals surface area contributed by atoms with Crippen LogP contribution in [0.15, 0.2) is 43.0 Å². The first kappa shape index (κ1) is 9.71. The molecular weight excluding hydrogens is 216 g/mol. The van der Waals surface area contributed by atoms with Crippen molar-refractivity contribution in [3.8, 4) is 11.4 Å². The number of rotatable bonds is 3. The minimum absolute atomic E-state index is 0.590. The maximum atomic E-state index is 4.41. The highest BCUT2D eigenvalue weighted by molar-refractivity contribution is 5.53. The second kappa shape index (κ2) is 4.17. The molecule has 6 nitrogen and oxygen atoms in total. The van der Waals surface area contributed by atoms with Gasteiger partial charge in [-0.15, -0.1) is 10.2 Å².